The zero-order valence-corrected chi connectivity index (χ0v) is 16.9. The van der Waals surface area contributed by atoms with Crippen molar-refractivity contribution < 1.29 is 17.4 Å². The van der Waals surface area contributed by atoms with E-state index in [1.807, 2.05) is 56.3 Å². The summed E-state index contributed by atoms with van der Waals surface area (Å²) >= 11 is 0. The Morgan fingerprint density at radius 2 is 1.81 bits per heavy atom. The zero-order chi connectivity index (χ0) is 19.0. The van der Waals surface area contributed by atoms with Gasteiger partial charge in [0.1, 0.15) is 5.75 Å². The van der Waals surface area contributed by atoms with Crippen LogP contribution in [0.4, 0.5) is 0 Å². The molecule has 2 aromatic carbocycles. The molecule has 0 amide bonds. The first-order chi connectivity index (χ1) is 12.4. The van der Waals surface area contributed by atoms with Crippen LogP contribution in [0, 0.1) is 6.92 Å². The van der Waals surface area contributed by atoms with E-state index in [1.165, 1.54) is 0 Å². The topological polar surface area (TPSA) is 60.4 Å². The minimum absolute atomic E-state index is 0.0541. The lowest BCUT2D eigenvalue weighted by molar-refractivity contribution is 0.317. The fourth-order valence-corrected chi connectivity index (χ4v) is 5.25. The Labute approximate surface area is 159 Å². The van der Waals surface area contributed by atoms with Gasteiger partial charge in [0.15, 0.2) is 9.84 Å². The molecule has 1 atom stereocenters. The van der Waals surface area contributed by atoms with Crippen LogP contribution in [0.1, 0.15) is 30.9 Å². The second-order valence-electron chi connectivity index (χ2n) is 6.26. The first-order valence-corrected chi connectivity index (χ1v) is 11.9. The molecular formula is C20H26O4S2. The predicted molar refractivity (Wildman–Crippen MR) is 107 cm³/mol. The van der Waals surface area contributed by atoms with Gasteiger partial charge in [-0.05, 0) is 43.0 Å². The van der Waals surface area contributed by atoms with E-state index in [0.29, 0.717) is 24.5 Å². The maximum atomic E-state index is 12.2. The minimum atomic E-state index is -3.15. The molecule has 0 N–H and O–H groups in total. The lowest BCUT2D eigenvalue weighted by Gasteiger charge is -2.10. The van der Waals surface area contributed by atoms with Gasteiger partial charge in [0.2, 0.25) is 0 Å². The quantitative estimate of drug-likeness (QED) is 0.574. The average molecular weight is 395 g/mol. The summed E-state index contributed by atoms with van der Waals surface area (Å²) in [6.45, 7) is 4.25. The number of aryl methyl sites for hydroxylation is 1. The van der Waals surface area contributed by atoms with Gasteiger partial charge in [0, 0.05) is 10.6 Å². The summed E-state index contributed by atoms with van der Waals surface area (Å²) in [5.74, 6) is 1.40. The second kappa shape index (κ2) is 9.88. The number of hydrogen-bond donors (Lipinski definition) is 0. The van der Waals surface area contributed by atoms with Crippen LogP contribution in [0.5, 0.6) is 5.75 Å². The van der Waals surface area contributed by atoms with Gasteiger partial charge in [-0.3, -0.25) is 4.21 Å². The Morgan fingerprint density at radius 3 is 2.50 bits per heavy atom. The van der Waals surface area contributed by atoms with E-state index < -0.39 is 20.6 Å². The Bertz CT molecular complexity index is 830. The van der Waals surface area contributed by atoms with Crippen LogP contribution in [0.3, 0.4) is 0 Å². The SMILES string of the molecule is CCCS(=O)c1cc(OCCCS(=O)(=O)Cc2ccccc2)ccc1C. The third-order valence-corrected chi connectivity index (χ3v) is 7.29. The van der Waals surface area contributed by atoms with E-state index in [0.717, 1.165) is 22.4 Å². The summed E-state index contributed by atoms with van der Waals surface area (Å²) < 4.78 is 42.3. The summed E-state index contributed by atoms with van der Waals surface area (Å²) in [6.07, 6.45) is 1.28. The number of sulfone groups is 1. The largest absolute Gasteiger partial charge is 0.494 e. The van der Waals surface area contributed by atoms with Crippen LogP contribution in [0.2, 0.25) is 0 Å². The highest BCUT2D eigenvalue weighted by atomic mass is 32.2. The number of hydrogen-bond acceptors (Lipinski definition) is 4. The predicted octanol–water partition coefficient (Wildman–Crippen LogP) is 3.90. The lowest BCUT2D eigenvalue weighted by Crippen LogP contribution is -2.12. The van der Waals surface area contributed by atoms with E-state index in [1.54, 1.807) is 6.07 Å². The first-order valence-electron chi connectivity index (χ1n) is 8.77. The molecule has 2 rings (SSSR count). The Morgan fingerprint density at radius 1 is 1.08 bits per heavy atom. The molecule has 26 heavy (non-hydrogen) atoms. The highest BCUT2D eigenvalue weighted by Crippen LogP contribution is 2.21. The molecular weight excluding hydrogens is 368 g/mol. The van der Waals surface area contributed by atoms with Crippen molar-refractivity contribution in [3.63, 3.8) is 0 Å². The van der Waals surface area contributed by atoms with E-state index in [-0.39, 0.29) is 11.5 Å². The van der Waals surface area contributed by atoms with Crippen molar-refractivity contribution in [2.75, 3.05) is 18.1 Å². The fraction of sp³-hybridized carbons (Fsp3) is 0.400. The molecule has 0 aromatic heterocycles. The van der Waals surface area contributed by atoms with Crippen LogP contribution in [-0.4, -0.2) is 30.7 Å². The van der Waals surface area contributed by atoms with E-state index in [4.69, 9.17) is 4.74 Å². The molecule has 0 radical (unpaired) electrons. The molecule has 0 aliphatic heterocycles. The second-order valence-corrected chi connectivity index (χ2v) is 9.98. The van der Waals surface area contributed by atoms with Gasteiger partial charge in [0.05, 0.1) is 28.9 Å². The van der Waals surface area contributed by atoms with Crippen molar-refractivity contribution in [1.29, 1.82) is 0 Å². The molecule has 6 heteroatoms. The Hall–Kier alpha value is -1.66. The summed E-state index contributed by atoms with van der Waals surface area (Å²) in [5, 5.41) is 0. The third kappa shape index (κ3) is 6.57. The van der Waals surface area contributed by atoms with Gasteiger partial charge < -0.3 is 4.74 Å². The molecule has 1 unspecified atom stereocenters. The monoisotopic (exact) mass is 394 g/mol. The van der Waals surface area contributed by atoms with Crippen molar-refractivity contribution in [3.8, 4) is 5.75 Å². The molecule has 2 aromatic rings. The molecule has 0 aliphatic carbocycles. The first kappa shape index (κ1) is 20.6. The van der Waals surface area contributed by atoms with Gasteiger partial charge in [-0.25, -0.2) is 8.42 Å². The highest BCUT2D eigenvalue weighted by Gasteiger charge is 2.12. The van der Waals surface area contributed by atoms with Crippen molar-refractivity contribution in [1.82, 2.24) is 0 Å². The molecule has 0 heterocycles. The smallest absolute Gasteiger partial charge is 0.154 e. The summed E-state index contributed by atoms with van der Waals surface area (Å²) in [6, 6.07) is 14.7. The van der Waals surface area contributed by atoms with Crippen LogP contribution < -0.4 is 4.74 Å². The van der Waals surface area contributed by atoms with Crippen molar-refractivity contribution in [2.24, 2.45) is 0 Å². The zero-order valence-electron chi connectivity index (χ0n) is 15.3. The van der Waals surface area contributed by atoms with Crippen molar-refractivity contribution in [2.45, 2.75) is 37.3 Å². The van der Waals surface area contributed by atoms with Crippen LogP contribution in [0.25, 0.3) is 0 Å². The van der Waals surface area contributed by atoms with E-state index in [2.05, 4.69) is 0 Å². The summed E-state index contributed by atoms with van der Waals surface area (Å²) in [5.41, 5.74) is 1.78. The van der Waals surface area contributed by atoms with E-state index in [9.17, 15) is 12.6 Å². The van der Waals surface area contributed by atoms with Crippen LogP contribution in [-0.2, 0) is 26.4 Å². The number of ether oxygens (including phenoxy) is 1. The Kier molecular flexibility index (Phi) is 7.85. The average Bonchev–Trinajstić information content (AvgIpc) is 2.60. The highest BCUT2D eigenvalue weighted by molar-refractivity contribution is 7.90. The standard InChI is InChI=1S/C20H26O4S2/c1-3-13-25(21)20-15-19(11-10-17(20)2)24-12-7-14-26(22,23)16-18-8-5-4-6-9-18/h4-6,8-11,15H,3,7,12-14,16H2,1-2H3. The molecule has 142 valence electrons. The molecule has 0 spiro atoms. The number of rotatable bonds is 10. The van der Waals surface area contributed by atoms with Gasteiger partial charge in [-0.2, -0.15) is 0 Å². The van der Waals surface area contributed by atoms with E-state index >= 15 is 0 Å². The van der Waals surface area contributed by atoms with Gasteiger partial charge in [-0.15, -0.1) is 0 Å². The summed E-state index contributed by atoms with van der Waals surface area (Å²) in [7, 11) is -4.18. The minimum Gasteiger partial charge on any atom is -0.494 e. The molecule has 4 nitrogen and oxygen atoms in total. The van der Waals surface area contributed by atoms with Gasteiger partial charge >= 0.3 is 0 Å². The van der Waals surface area contributed by atoms with Crippen molar-refractivity contribution in [3.05, 3.63) is 59.7 Å². The molecule has 0 bridgehead atoms. The molecule has 0 saturated heterocycles. The van der Waals surface area contributed by atoms with Crippen molar-refractivity contribution >= 4 is 20.6 Å². The molecule has 0 aliphatic rings. The normalized spacial score (nSPS) is 12.7. The molecule has 0 fully saturated rings. The fourth-order valence-electron chi connectivity index (χ4n) is 2.58. The lowest BCUT2D eigenvalue weighted by atomic mass is 10.2. The maximum absolute atomic E-state index is 12.2. The molecule has 0 saturated carbocycles. The Balaban J connectivity index is 1.86. The van der Waals surface area contributed by atoms with Gasteiger partial charge in [0.25, 0.3) is 0 Å². The maximum Gasteiger partial charge on any atom is 0.154 e. The number of benzene rings is 2. The third-order valence-electron chi connectivity index (χ3n) is 3.89. The van der Waals surface area contributed by atoms with Crippen LogP contribution in [0.15, 0.2) is 53.4 Å². The summed E-state index contributed by atoms with van der Waals surface area (Å²) in [4.78, 5) is 0.793. The van der Waals surface area contributed by atoms with Gasteiger partial charge in [-0.1, -0.05) is 43.3 Å². The van der Waals surface area contributed by atoms with Crippen LogP contribution >= 0.6 is 0 Å².